The molecule has 1 unspecified atom stereocenters. The van der Waals surface area contributed by atoms with Crippen LogP contribution in [0.2, 0.25) is 0 Å². The van der Waals surface area contributed by atoms with Gasteiger partial charge in [-0.25, -0.2) is 0 Å². The lowest BCUT2D eigenvalue weighted by molar-refractivity contribution is -0.133. The van der Waals surface area contributed by atoms with Gasteiger partial charge >= 0.3 is 0 Å². The number of nitrogens with one attached hydrogen (secondary N) is 1. The fraction of sp³-hybridized carbons (Fsp3) is 0.333. The Bertz CT molecular complexity index is 1100. The molecule has 2 aliphatic heterocycles. The highest BCUT2D eigenvalue weighted by Crippen LogP contribution is 2.41. The van der Waals surface area contributed by atoms with E-state index in [-0.39, 0.29) is 17.9 Å². The first-order valence-electron chi connectivity index (χ1n) is 10.6. The van der Waals surface area contributed by atoms with Crippen molar-refractivity contribution in [2.24, 2.45) is 0 Å². The van der Waals surface area contributed by atoms with Gasteiger partial charge in [0.15, 0.2) is 0 Å². The molecule has 2 aromatic carbocycles. The number of amides is 2. The third-order valence-corrected chi connectivity index (χ3v) is 6.40. The Kier molecular flexibility index (Phi) is 4.79. The van der Waals surface area contributed by atoms with Crippen LogP contribution in [0.15, 0.2) is 54.7 Å². The molecule has 0 spiro atoms. The van der Waals surface area contributed by atoms with Crippen LogP contribution in [-0.2, 0) is 4.79 Å². The van der Waals surface area contributed by atoms with Crippen LogP contribution in [0.25, 0.3) is 10.9 Å². The Hall–Kier alpha value is -3.12. The first-order chi connectivity index (χ1) is 14.6. The Balaban J connectivity index is 1.43. The van der Waals surface area contributed by atoms with Crippen LogP contribution in [0.5, 0.6) is 0 Å². The molecule has 1 fully saturated rings. The standard InChI is InChI=1S/C24H26N4O2/c1-26-12-14-27(15-13-26)22(29)10-11-28-23(18-7-2-3-8-19(18)24(28)30)20-16-25-21-9-5-4-6-17(20)21/h2-9,16,23,25H,10-15H2,1H3. The highest BCUT2D eigenvalue weighted by atomic mass is 16.2. The van der Waals surface area contributed by atoms with Crippen LogP contribution < -0.4 is 0 Å². The summed E-state index contributed by atoms with van der Waals surface area (Å²) < 4.78 is 0. The minimum atomic E-state index is -0.176. The van der Waals surface area contributed by atoms with Crippen LogP contribution in [0.1, 0.15) is 33.9 Å². The van der Waals surface area contributed by atoms with Crippen molar-refractivity contribution >= 4 is 22.7 Å². The van der Waals surface area contributed by atoms with E-state index in [0.717, 1.165) is 53.8 Å². The van der Waals surface area contributed by atoms with Gasteiger partial charge in [0.2, 0.25) is 5.91 Å². The number of piperazine rings is 1. The monoisotopic (exact) mass is 402 g/mol. The lowest BCUT2D eigenvalue weighted by Crippen LogP contribution is -2.47. The zero-order valence-corrected chi connectivity index (χ0v) is 17.2. The molecule has 2 aliphatic rings. The first kappa shape index (κ1) is 18.9. The molecule has 1 N–H and O–H groups in total. The molecule has 3 heterocycles. The van der Waals surface area contributed by atoms with Crippen molar-refractivity contribution in [2.75, 3.05) is 39.8 Å². The Morgan fingerprint density at radius 3 is 2.57 bits per heavy atom. The average Bonchev–Trinajstić information content (AvgIpc) is 3.31. The van der Waals surface area contributed by atoms with E-state index in [1.807, 2.05) is 58.5 Å². The van der Waals surface area contributed by atoms with Crippen molar-refractivity contribution in [1.82, 2.24) is 19.7 Å². The average molecular weight is 402 g/mol. The largest absolute Gasteiger partial charge is 0.361 e. The van der Waals surface area contributed by atoms with Crippen molar-refractivity contribution in [3.05, 3.63) is 71.4 Å². The lowest BCUT2D eigenvalue weighted by Gasteiger charge is -2.33. The molecule has 0 aliphatic carbocycles. The molecule has 3 aromatic rings. The maximum atomic E-state index is 13.3. The van der Waals surface area contributed by atoms with E-state index in [1.165, 1.54) is 0 Å². The normalized spacial score (nSPS) is 19.5. The summed E-state index contributed by atoms with van der Waals surface area (Å²) in [5.74, 6) is 0.136. The number of carbonyl (C=O) groups excluding carboxylic acids is 2. The smallest absolute Gasteiger partial charge is 0.255 e. The van der Waals surface area contributed by atoms with Gasteiger partial charge in [0, 0.05) is 67.4 Å². The highest BCUT2D eigenvalue weighted by molar-refractivity contribution is 6.01. The van der Waals surface area contributed by atoms with Crippen molar-refractivity contribution in [3.63, 3.8) is 0 Å². The molecule has 0 bridgehead atoms. The molecular weight excluding hydrogens is 376 g/mol. The summed E-state index contributed by atoms with van der Waals surface area (Å²) in [5.41, 5.74) is 3.88. The van der Waals surface area contributed by atoms with Gasteiger partial charge in [0.1, 0.15) is 0 Å². The van der Waals surface area contributed by atoms with Gasteiger partial charge in [-0.1, -0.05) is 36.4 Å². The van der Waals surface area contributed by atoms with Crippen LogP contribution in [0, 0.1) is 0 Å². The second-order valence-corrected chi connectivity index (χ2v) is 8.21. The predicted octanol–water partition coefficient (Wildman–Crippen LogP) is 2.88. The van der Waals surface area contributed by atoms with E-state index in [4.69, 9.17) is 0 Å². The van der Waals surface area contributed by atoms with Gasteiger partial charge in [-0.15, -0.1) is 0 Å². The van der Waals surface area contributed by atoms with Crippen molar-refractivity contribution in [2.45, 2.75) is 12.5 Å². The Labute approximate surface area is 176 Å². The zero-order chi connectivity index (χ0) is 20.7. The number of benzene rings is 2. The number of hydrogen-bond donors (Lipinski definition) is 1. The second-order valence-electron chi connectivity index (χ2n) is 8.21. The summed E-state index contributed by atoms with van der Waals surface area (Å²) in [6.45, 7) is 3.74. The number of fused-ring (bicyclic) bond motifs is 2. The summed E-state index contributed by atoms with van der Waals surface area (Å²) >= 11 is 0. The maximum absolute atomic E-state index is 13.3. The second kappa shape index (κ2) is 7.61. The summed E-state index contributed by atoms with van der Waals surface area (Å²) in [7, 11) is 2.08. The van der Waals surface area contributed by atoms with E-state index in [2.05, 4.69) is 23.0 Å². The van der Waals surface area contributed by atoms with Crippen LogP contribution in [0.3, 0.4) is 0 Å². The van der Waals surface area contributed by atoms with Crippen molar-refractivity contribution in [3.8, 4) is 0 Å². The van der Waals surface area contributed by atoms with Crippen LogP contribution in [0.4, 0.5) is 0 Å². The van der Waals surface area contributed by atoms with Gasteiger partial charge in [-0.2, -0.15) is 0 Å². The van der Waals surface area contributed by atoms with E-state index < -0.39 is 0 Å². The molecule has 30 heavy (non-hydrogen) atoms. The van der Waals surface area contributed by atoms with Crippen molar-refractivity contribution in [1.29, 1.82) is 0 Å². The molecule has 5 rings (SSSR count). The Morgan fingerprint density at radius 2 is 1.73 bits per heavy atom. The summed E-state index contributed by atoms with van der Waals surface area (Å²) in [4.78, 5) is 35.4. The quantitative estimate of drug-likeness (QED) is 0.730. The molecule has 1 aromatic heterocycles. The molecular formula is C24H26N4O2. The summed E-state index contributed by atoms with van der Waals surface area (Å²) in [6, 6.07) is 15.8. The number of H-pyrrole nitrogens is 1. The molecule has 2 amide bonds. The first-order valence-corrected chi connectivity index (χ1v) is 10.6. The van der Waals surface area contributed by atoms with E-state index in [1.54, 1.807) is 0 Å². The van der Waals surface area contributed by atoms with Gasteiger partial charge in [0.25, 0.3) is 5.91 Å². The fourth-order valence-corrected chi connectivity index (χ4v) is 4.69. The van der Waals surface area contributed by atoms with E-state index >= 15 is 0 Å². The van der Waals surface area contributed by atoms with Gasteiger partial charge < -0.3 is 19.7 Å². The summed E-state index contributed by atoms with van der Waals surface area (Å²) in [6.07, 6.45) is 2.35. The highest BCUT2D eigenvalue weighted by Gasteiger charge is 2.38. The topological polar surface area (TPSA) is 59.6 Å². The van der Waals surface area contributed by atoms with Crippen molar-refractivity contribution < 1.29 is 9.59 Å². The third kappa shape index (κ3) is 3.17. The summed E-state index contributed by atoms with van der Waals surface area (Å²) in [5, 5.41) is 1.11. The molecule has 154 valence electrons. The Morgan fingerprint density at radius 1 is 1.00 bits per heavy atom. The molecule has 1 saturated heterocycles. The number of likely N-dealkylation sites (N-methyl/N-ethyl adjacent to an activating group) is 1. The zero-order valence-electron chi connectivity index (χ0n) is 17.2. The van der Waals surface area contributed by atoms with Gasteiger partial charge in [-0.05, 0) is 24.7 Å². The molecule has 0 radical (unpaired) electrons. The number of rotatable bonds is 4. The molecule has 6 nitrogen and oxygen atoms in total. The fourth-order valence-electron chi connectivity index (χ4n) is 4.69. The molecule has 6 heteroatoms. The molecule has 0 saturated carbocycles. The lowest BCUT2D eigenvalue weighted by atomic mass is 9.97. The minimum Gasteiger partial charge on any atom is -0.361 e. The number of para-hydroxylation sites is 1. The molecule has 1 atom stereocenters. The predicted molar refractivity (Wildman–Crippen MR) is 116 cm³/mol. The number of nitrogens with zero attached hydrogens (tertiary/aromatic N) is 3. The maximum Gasteiger partial charge on any atom is 0.255 e. The van der Waals surface area contributed by atoms with E-state index in [0.29, 0.717) is 13.0 Å². The number of hydrogen-bond acceptors (Lipinski definition) is 3. The van der Waals surface area contributed by atoms with Crippen LogP contribution >= 0.6 is 0 Å². The minimum absolute atomic E-state index is 0.00654. The third-order valence-electron chi connectivity index (χ3n) is 6.40. The van der Waals surface area contributed by atoms with E-state index in [9.17, 15) is 9.59 Å². The number of aromatic nitrogens is 1. The SMILES string of the molecule is CN1CCN(C(=O)CCN2C(=O)c3ccccc3C2c2c[nH]c3ccccc23)CC1. The number of carbonyl (C=O) groups is 2. The van der Waals surface area contributed by atoms with Crippen LogP contribution in [-0.4, -0.2) is 71.3 Å². The van der Waals surface area contributed by atoms with Gasteiger partial charge in [0.05, 0.1) is 6.04 Å². The number of aromatic amines is 1. The van der Waals surface area contributed by atoms with Gasteiger partial charge in [-0.3, -0.25) is 9.59 Å².